The van der Waals surface area contributed by atoms with Gasteiger partial charge in [-0.1, -0.05) is 18.6 Å². The predicted octanol–water partition coefficient (Wildman–Crippen LogP) is 2.32. The summed E-state index contributed by atoms with van der Waals surface area (Å²) in [6.07, 6.45) is 4.98. The molecule has 1 atom stereocenters. The molecule has 0 saturated carbocycles. The Morgan fingerprint density at radius 2 is 2.30 bits per heavy atom. The first-order valence-corrected chi connectivity index (χ1v) is 3.88. The molecule has 0 bridgehead atoms. The molecule has 10 heavy (non-hydrogen) atoms. The van der Waals surface area contributed by atoms with E-state index in [4.69, 9.17) is 0 Å². The lowest BCUT2D eigenvalue weighted by atomic mass is 10.0. The molecular weight excluding hydrogens is 124 g/mol. The second kappa shape index (κ2) is 3.00. The summed E-state index contributed by atoms with van der Waals surface area (Å²) in [6.45, 7) is 4.06. The SMILES string of the molecule is CC1=CCCC(C)C(=O)C1. The van der Waals surface area contributed by atoms with Crippen molar-refractivity contribution in [2.24, 2.45) is 5.92 Å². The fourth-order valence-corrected chi connectivity index (χ4v) is 1.26. The van der Waals surface area contributed by atoms with Crippen LogP contribution in [0, 0.1) is 5.92 Å². The van der Waals surface area contributed by atoms with Crippen LogP contribution in [-0.2, 0) is 4.79 Å². The molecule has 0 aromatic heterocycles. The molecule has 1 nitrogen and oxygen atoms in total. The minimum Gasteiger partial charge on any atom is -0.299 e. The van der Waals surface area contributed by atoms with Crippen LogP contribution in [0.3, 0.4) is 0 Å². The number of carbonyl (C=O) groups is 1. The van der Waals surface area contributed by atoms with Gasteiger partial charge in [0.05, 0.1) is 0 Å². The first-order chi connectivity index (χ1) is 4.70. The molecule has 0 amide bonds. The summed E-state index contributed by atoms with van der Waals surface area (Å²) in [7, 11) is 0. The molecule has 1 aliphatic rings. The zero-order chi connectivity index (χ0) is 7.56. The molecule has 56 valence electrons. The number of Topliss-reactive ketones (excluding diaryl/α,β-unsaturated/α-hetero) is 1. The van der Waals surface area contributed by atoms with Crippen molar-refractivity contribution in [1.82, 2.24) is 0 Å². The monoisotopic (exact) mass is 138 g/mol. The fourth-order valence-electron chi connectivity index (χ4n) is 1.26. The highest BCUT2D eigenvalue weighted by molar-refractivity contribution is 5.83. The van der Waals surface area contributed by atoms with Crippen molar-refractivity contribution in [2.75, 3.05) is 0 Å². The first kappa shape index (κ1) is 7.52. The van der Waals surface area contributed by atoms with E-state index < -0.39 is 0 Å². The van der Waals surface area contributed by atoms with Crippen molar-refractivity contribution in [2.45, 2.75) is 33.1 Å². The molecule has 0 N–H and O–H groups in total. The van der Waals surface area contributed by atoms with Crippen molar-refractivity contribution in [3.63, 3.8) is 0 Å². The van der Waals surface area contributed by atoms with Crippen molar-refractivity contribution >= 4 is 5.78 Å². The van der Waals surface area contributed by atoms with Crippen LogP contribution in [0.25, 0.3) is 0 Å². The van der Waals surface area contributed by atoms with Gasteiger partial charge in [-0.25, -0.2) is 0 Å². The van der Waals surface area contributed by atoms with Crippen molar-refractivity contribution in [1.29, 1.82) is 0 Å². The topological polar surface area (TPSA) is 17.1 Å². The Bertz CT molecular complexity index is 168. The summed E-state index contributed by atoms with van der Waals surface area (Å²) in [5.41, 5.74) is 1.24. The molecule has 0 aliphatic heterocycles. The average Bonchev–Trinajstić information content (AvgIpc) is 1.96. The van der Waals surface area contributed by atoms with Gasteiger partial charge in [-0.3, -0.25) is 4.79 Å². The van der Waals surface area contributed by atoms with Crippen LogP contribution in [0.1, 0.15) is 33.1 Å². The maximum atomic E-state index is 11.2. The van der Waals surface area contributed by atoms with Gasteiger partial charge in [0.2, 0.25) is 0 Å². The highest BCUT2D eigenvalue weighted by Crippen LogP contribution is 2.18. The Morgan fingerprint density at radius 1 is 1.60 bits per heavy atom. The standard InChI is InChI=1S/C9H14O/c1-7-4-3-5-8(2)9(10)6-7/h4,8H,3,5-6H2,1-2H3. The molecule has 0 aromatic rings. The summed E-state index contributed by atoms with van der Waals surface area (Å²) in [5.74, 6) is 0.694. The van der Waals surface area contributed by atoms with E-state index in [1.54, 1.807) is 0 Å². The van der Waals surface area contributed by atoms with E-state index in [0.29, 0.717) is 12.2 Å². The van der Waals surface area contributed by atoms with E-state index in [-0.39, 0.29) is 5.92 Å². The minimum atomic E-state index is 0.286. The number of ketones is 1. The highest BCUT2D eigenvalue weighted by Gasteiger charge is 2.14. The zero-order valence-corrected chi connectivity index (χ0v) is 6.68. The minimum absolute atomic E-state index is 0.286. The van der Waals surface area contributed by atoms with Gasteiger partial charge in [0.1, 0.15) is 5.78 Å². The summed E-state index contributed by atoms with van der Waals surface area (Å²) in [4.78, 5) is 11.2. The van der Waals surface area contributed by atoms with Gasteiger partial charge in [0.15, 0.2) is 0 Å². The molecule has 0 saturated heterocycles. The van der Waals surface area contributed by atoms with Crippen molar-refractivity contribution in [3.05, 3.63) is 11.6 Å². The number of allylic oxidation sites excluding steroid dienone is 2. The van der Waals surface area contributed by atoms with E-state index in [0.717, 1.165) is 12.8 Å². The molecule has 0 aromatic carbocycles. The predicted molar refractivity (Wildman–Crippen MR) is 41.8 cm³/mol. The molecule has 1 aliphatic carbocycles. The molecule has 0 spiro atoms. The van der Waals surface area contributed by atoms with Crippen LogP contribution in [0.4, 0.5) is 0 Å². The molecule has 1 unspecified atom stereocenters. The lowest BCUT2D eigenvalue weighted by Gasteiger charge is -2.03. The van der Waals surface area contributed by atoms with E-state index in [1.807, 2.05) is 13.8 Å². The number of rotatable bonds is 0. The Labute approximate surface area is 62.1 Å². The normalized spacial score (nSPS) is 27.6. The fraction of sp³-hybridized carbons (Fsp3) is 0.667. The van der Waals surface area contributed by atoms with Gasteiger partial charge >= 0.3 is 0 Å². The largest absolute Gasteiger partial charge is 0.299 e. The van der Waals surface area contributed by atoms with E-state index >= 15 is 0 Å². The second-order valence-electron chi connectivity index (χ2n) is 3.17. The number of carbonyl (C=O) groups excluding carboxylic acids is 1. The molecule has 0 fully saturated rings. The van der Waals surface area contributed by atoms with E-state index in [2.05, 4.69) is 6.08 Å². The van der Waals surface area contributed by atoms with Crippen LogP contribution in [0.15, 0.2) is 11.6 Å². The van der Waals surface area contributed by atoms with Gasteiger partial charge in [-0.2, -0.15) is 0 Å². The van der Waals surface area contributed by atoms with E-state index in [9.17, 15) is 4.79 Å². The van der Waals surface area contributed by atoms with Gasteiger partial charge < -0.3 is 0 Å². The zero-order valence-electron chi connectivity index (χ0n) is 6.68. The molecular formula is C9H14O. The number of hydrogen-bond acceptors (Lipinski definition) is 1. The Morgan fingerprint density at radius 3 is 3.00 bits per heavy atom. The summed E-state index contributed by atoms with van der Waals surface area (Å²) in [5, 5.41) is 0. The first-order valence-electron chi connectivity index (χ1n) is 3.88. The Hall–Kier alpha value is -0.590. The van der Waals surface area contributed by atoms with Gasteiger partial charge in [0, 0.05) is 12.3 Å². The quantitative estimate of drug-likeness (QED) is 0.469. The lowest BCUT2D eigenvalue weighted by Crippen LogP contribution is -2.08. The molecule has 1 rings (SSSR count). The molecule has 1 heteroatoms. The maximum absolute atomic E-state index is 11.2. The maximum Gasteiger partial charge on any atom is 0.139 e. The van der Waals surface area contributed by atoms with E-state index in [1.165, 1.54) is 5.57 Å². The highest BCUT2D eigenvalue weighted by atomic mass is 16.1. The summed E-state index contributed by atoms with van der Waals surface area (Å²) >= 11 is 0. The van der Waals surface area contributed by atoms with Crippen LogP contribution < -0.4 is 0 Å². The summed E-state index contributed by atoms with van der Waals surface area (Å²) < 4.78 is 0. The van der Waals surface area contributed by atoms with Gasteiger partial charge in [0.25, 0.3) is 0 Å². The number of hydrogen-bond donors (Lipinski definition) is 0. The average molecular weight is 138 g/mol. The van der Waals surface area contributed by atoms with Crippen LogP contribution in [-0.4, -0.2) is 5.78 Å². The molecule has 0 radical (unpaired) electrons. The third-order valence-electron chi connectivity index (χ3n) is 2.10. The van der Waals surface area contributed by atoms with Gasteiger partial charge in [-0.15, -0.1) is 0 Å². The molecule has 0 heterocycles. The van der Waals surface area contributed by atoms with Gasteiger partial charge in [-0.05, 0) is 19.8 Å². The third-order valence-corrected chi connectivity index (χ3v) is 2.10. The Kier molecular flexibility index (Phi) is 2.25. The van der Waals surface area contributed by atoms with Crippen LogP contribution >= 0.6 is 0 Å². The smallest absolute Gasteiger partial charge is 0.139 e. The van der Waals surface area contributed by atoms with Crippen molar-refractivity contribution < 1.29 is 4.79 Å². The van der Waals surface area contributed by atoms with Crippen molar-refractivity contribution in [3.8, 4) is 0 Å². The summed E-state index contributed by atoms with van der Waals surface area (Å²) in [6, 6.07) is 0. The lowest BCUT2D eigenvalue weighted by molar-refractivity contribution is -0.121. The second-order valence-corrected chi connectivity index (χ2v) is 3.17. The van der Waals surface area contributed by atoms with Crippen LogP contribution in [0.2, 0.25) is 0 Å². The van der Waals surface area contributed by atoms with Crippen LogP contribution in [0.5, 0.6) is 0 Å². The Balaban J connectivity index is 2.62. The third kappa shape index (κ3) is 1.69.